The molecule has 122 heavy (non-hydrogen) atoms. The summed E-state index contributed by atoms with van der Waals surface area (Å²) >= 11 is 12.4. The smallest absolute Gasteiger partial charge is 0.277 e. The average Bonchev–Trinajstić information content (AvgIpc) is 0.780. The largest absolute Gasteiger partial charge is 0.548 e. The average molecular weight is 1710 g/mol. The molecule has 0 saturated heterocycles. The van der Waals surface area contributed by atoms with E-state index in [0.29, 0.717) is 63.4 Å². The van der Waals surface area contributed by atoms with Gasteiger partial charge in [-0.2, -0.15) is 0 Å². The van der Waals surface area contributed by atoms with Crippen molar-refractivity contribution >= 4 is 52.3 Å². The van der Waals surface area contributed by atoms with Gasteiger partial charge in [-0.25, -0.2) is 13.2 Å². The number of halogens is 5. The summed E-state index contributed by atoms with van der Waals surface area (Å²) in [4.78, 5) is 81.4. The van der Waals surface area contributed by atoms with E-state index in [4.69, 9.17) is 42.1 Å². The number of dihydropyridines is 1. The van der Waals surface area contributed by atoms with Gasteiger partial charge in [-0.15, -0.1) is 0 Å². The first-order valence-electron chi connectivity index (χ1n) is 39.2. The molecule has 29 heteroatoms. The zero-order valence-corrected chi connectivity index (χ0v) is 70.8. The molecule has 638 valence electrons. The zero-order chi connectivity index (χ0) is 88.6. The molecule has 7 atom stereocenters. The van der Waals surface area contributed by atoms with Crippen LogP contribution in [0, 0.1) is 71.8 Å². The molecule has 0 bridgehead atoms. The topological polar surface area (TPSA) is 355 Å². The number of nitrogens with zero attached hydrogens (tertiary/aromatic N) is 8. The molecule has 0 amide bonds. The Morgan fingerprint density at radius 2 is 1.05 bits per heavy atom. The number of carbonyl (C=O) groups is 2. The minimum Gasteiger partial charge on any atom is -0.548 e. The Kier molecular flexibility index (Phi) is 33.7. The number of aryl methyl sites for hydroxylation is 7. The molecule has 2 aliphatic heterocycles. The Bertz CT molecular complexity index is 5610. The maximum absolute atomic E-state index is 14.0. The molecule has 0 unspecified atom stereocenters. The molecular formula is C93H98Cl2F3N11O13. The first kappa shape index (κ1) is 93.2. The number of aliphatic hydroxyl groups is 2. The number of aliphatic imine (C=N–C) groups is 1. The van der Waals surface area contributed by atoms with E-state index in [2.05, 4.69) is 55.2 Å². The van der Waals surface area contributed by atoms with E-state index in [1.807, 2.05) is 142 Å². The predicted octanol–water partition coefficient (Wildman–Crippen LogP) is 12.2. The van der Waals surface area contributed by atoms with Crippen LogP contribution < -0.4 is 57.9 Å². The standard InChI is InChI=1S/C25H28FN3O3.C20H21ClFN3O4.C20H19ClFN3O4.2C14H15NO/c1-6-7-8-31-19(5)22-12-24(17(3)14-28-22)29-18(4)10-20(11-25(29)30)32-15-23-21(26)9-16(2)13-27-23;2*1-10-4-13(22)15(23-7-10)9-29-17-5-12(3)25(19(26)18(17)21)16-6-14(20(27)28)24-8-11(16)2;2*15-13(11-7-3-1-4-8-11)14(16)12-9-5-2-6-10-12/h9-14H,5-8,15H2,1-4H3;4-5,7-8,14,16,24H,6,9H2,1-3H3,(H,27,28);4-7,11H,8-9H2,1-3H3,(H,27,28);2*1-10,13-14,16H,15H2/t;14-,16-;11-;2*13-,14+/m.1011/s1. The van der Waals surface area contributed by atoms with Crippen molar-refractivity contribution in [2.45, 2.75) is 145 Å². The summed E-state index contributed by atoms with van der Waals surface area (Å²) in [5.74, 6) is -3.30. The fourth-order valence-corrected chi connectivity index (χ4v) is 13.4. The summed E-state index contributed by atoms with van der Waals surface area (Å²) in [5.41, 5.74) is 17.9. The third-order valence-electron chi connectivity index (χ3n) is 19.9. The first-order valence-corrected chi connectivity index (χ1v) is 39.9. The van der Waals surface area contributed by atoms with Gasteiger partial charge in [0.15, 0.2) is 0 Å². The number of carboxylic acids is 2. The Balaban J connectivity index is 0.000000177. The van der Waals surface area contributed by atoms with Gasteiger partial charge in [0.25, 0.3) is 16.7 Å². The van der Waals surface area contributed by atoms with Crippen molar-refractivity contribution in [2.75, 3.05) is 13.2 Å². The van der Waals surface area contributed by atoms with Crippen molar-refractivity contribution in [3.63, 3.8) is 0 Å². The van der Waals surface area contributed by atoms with Crippen LogP contribution in [-0.4, -0.2) is 80.7 Å². The normalized spacial score (nSPS) is 14.9. The third kappa shape index (κ3) is 24.8. The predicted molar refractivity (Wildman–Crippen MR) is 457 cm³/mol. The number of nitrogens with one attached hydrogen (secondary N) is 1. The van der Waals surface area contributed by atoms with Gasteiger partial charge >= 0.3 is 0 Å². The number of carboxylic acid groups (broad SMARTS) is 2. The second kappa shape index (κ2) is 44.1. The number of hydrogen-bond acceptors (Lipinski definition) is 19. The number of pyridine rings is 7. The van der Waals surface area contributed by atoms with Gasteiger partial charge in [0, 0.05) is 95.4 Å². The lowest BCUT2D eigenvalue weighted by Gasteiger charge is -2.32. The first-order chi connectivity index (χ1) is 58.2. The fraction of sp³-hybridized carbons (Fsp3) is 0.269. The van der Waals surface area contributed by atoms with Gasteiger partial charge in [-0.1, -0.05) is 171 Å². The number of aliphatic carboxylic acids is 2. The van der Waals surface area contributed by atoms with Crippen LogP contribution >= 0.6 is 23.2 Å². The van der Waals surface area contributed by atoms with Crippen molar-refractivity contribution in [3.05, 3.63) is 362 Å². The lowest BCUT2D eigenvalue weighted by Crippen LogP contribution is -2.56. The molecule has 2 aliphatic rings. The summed E-state index contributed by atoms with van der Waals surface area (Å²) in [7, 11) is 0. The van der Waals surface area contributed by atoms with Gasteiger partial charge < -0.3 is 70.3 Å². The lowest BCUT2D eigenvalue weighted by atomic mass is 9.96. The van der Waals surface area contributed by atoms with Gasteiger partial charge in [0.1, 0.15) is 117 Å². The molecule has 7 aromatic heterocycles. The highest BCUT2D eigenvalue weighted by Gasteiger charge is 2.30. The maximum atomic E-state index is 14.0. The molecule has 0 radical (unpaired) electrons. The van der Waals surface area contributed by atoms with Crippen LogP contribution in [0.2, 0.25) is 10.0 Å². The second-order valence-electron chi connectivity index (χ2n) is 29.3. The van der Waals surface area contributed by atoms with Crippen LogP contribution in [0.15, 0.2) is 238 Å². The van der Waals surface area contributed by atoms with Gasteiger partial charge in [0.05, 0.1) is 42.0 Å². The third-order valence-corrected chi connectivity index (χ3v) is 20.6. The van der Waals surface area contributed by atoms with E-state index in [0.717, 1.165) is 51.8 Å². The van der Waals surface area contributed by atoms with E-state index in [1.165, 1.54) is 57.9 Å². The Morgan fingerprint density at radius 1 is 0.598 bits per heavy atom. The van der Waals surface area contributed by atoms with E-state index in [1.54, 1.807) is 82.9 Å². The van der Waals surface area contributed by atoms with Crippen LogP contribution in [0.4, 0.5) is 13.2 Å². The number of rotatable bonds is 25. The molecule has 0 aliphatic carbocycles. The summed E-state index contributed by atoms with van der Waals surface area (Å²) < 4.78 is 68.7. The van der Waals surface area contributed by atoms with Gasteiger partial charge in [-0.05, 0) is 144 Å². The monoisotopic (exact) mass is 1700 g/mol. The molecule has 0 saturated carbocycles. The second-order valence-corrected chi connectivity index (χ2v) is 30.1. The van der Waals surface area contributed by atoms with E-state index < -0.39 is 64.8 Å². The molecule has 24 nitrogen and oxygen atoms in total. The van der Waals surface area contributed by atoms with Crippen molar-refractivity contribution in [1.82, 2.24) is 39.0 Å². The summed E-state index contributed by atoms with van der Waals surface area (Å²) in [6.45, 7) is 22.2. The number of unbranched alkanes of at least 4 members (excludes halogenated alkanes) is 1. The van der Waals surface area contributed by atoms with Crippen molar-refractivity contribution in [1.29, 1.82) is 0 Å². The van der Waals surface area contributed by atoms with Crippen molar-refractivity contribution in [2.24, 2.45) is 10.9 Å². The number of aromatic nitrogens is 7. The van der Waals surface area contributed by atoms with E-state index in [-0.39, 0.29) is 101 Å². The number of ether oxygens (including phenoxy) is 4. The number of benzene rings is 4. The van der Waals surface area contributed by atoms with Crippen molar-refractivity contribution < 1.29 is 73.6 Å². The SMILES string of the molecule is C=C(OCCCC)c1cc(-n2c(C)cc(OCc3ncc(C)cc3F)cc2=O)c(C)cn1.CC1=CN[C@@H](C(=O)[O-])C[C@H]1n1c(C)cc(OCc2ncc(C)cc2F)c(Cl)c1=O.Cc1cnc(COc2cc(C)n(C3=CC(C(=O)[O-])=NC[C@@H]3C)c(=O)c2Cl)c(F)c1.[NH3+][C@H](c1ccccc1)[C@@H](O)c1ccccc1.[NH3+][C@H](c1ccccc1)[C@@H](O)c1ccccc1. The molecule has 0 fully saturated rings. The van der Waals surface area contributed by atoms with Crippen LogP contribution in [0.5, 0.6) is 17.2 Å². The fourth-order valence-electron chi connectivity index (χ4n) is 13.0. The Labute approximate surface area is 714 Å². The lowest BCUT2D eigenvalue weighted by molar-refractivity contribution is -0.446. The number of hydrogen-bond donors (Lipinski definition) is 5. The van der Waals surface area contributed by atoms with Crippen LogP contribution in [-0.2, 0) is 34.1 Å². The molecule has 11 aromatic rings. The highest BCUT2D eigenvalue weighted by atomic mass is 35.5. The minimum atomic E-state index is -1.42. The van der Waals surface area contributed by atoms with E-state index >= 15 is 0 Å². The highest BCUT2D eigenvalue weighted by Crippen LogP contribution is 2.33. The summed E-state index contributed by atoms with van der Waals surface area (Å²) in [5, 5.41) is 45.1. The van der Waals surface area contributed by atoms with Gasteiger partial charge in [-0.3, -0.25) is 48.4 Å². The van der Waals surface area contributed by atoms with Crippen LogP contribution in [0.1, 0.15) is 155 Å². The zero-order valence-electron chi connectivity index (χ0n) is 69.3. The number of carbonyl (C=O) groups excluding carboxylic acids is 2. The molecule has 4 aromatic carbocycles. The summed E-state index contributed by atoms with van der Waals surface area (Å²) in [6.07, 6.45) is 10.2. The molecule has 0 spiro atoms. The number of quaternary nitrogens is 2. The van der Waals surface area contributed by atoms with Crippen LogP contribution in [0.3, 0.4) is 0 Å². The van der Waals surface area contributed by atoms with Crippen molar-refractivity contribution in [3.8, 4) is 22.9 Å². The number of allylic oxidation sites excluding steroid dienone is 1. The molecule has 9 N–H and O–H groups in total. The Hall–Kier alpha value is -12.6. The summed E-state index contributed by atoms with van der Waals surface area (Å²) in [6, 6.07) is 49.4. The maximum Gasteiger partial charge on any atom is 0.277 e. The van der Waals surface area contributed by atoms with Gasteiger partial charge in [0.2, 0.25) is 0 Å². The van der Waals surface area contributed by atoms with Crippen LogP contribution in [0.25, 0.3) is 17.1 Å². The molecule has 9 heterocycles. The van der Waals surface area contributed by atoms with E-state index in [9.17, 15) is 57.6 Å². The number of aliphatic hydroxyl groups excluding tert-OH is 2. The highest BCUT2D eigenvalue weighted by molar-refractivity contribution is 6.40. The quantitative estimate of drug-likeness (QED) is 0.0262. The minimum absolute atomic E-state index is 0.0671. The molecule has 13 rings (SSSR count). The Morgan fingerprint density at radius 3 is 1.50 bits per heavy atom. The molecular weight excluding hydrogens is 1610 g/mol.